The van der Waals surface area contributed by atoms with Crippen LogP contribution in [0.25, 0.3) is 60.8 Å². The number of para-hydroxylation sites is 1. The van der Waals surface area contributed by atoms with Crippen LogP contribution >= 0.6 is 0 Å². The second-order valence-corrected chi connectivity index (χ2v) is 12.3. The zero-order valence-corrected chi connectivity index (χ0v) is 26.7. The molecule has 7 heteroatoms. The predicted molar refractivity (Wildman–Crippen MR) is 201 cm³/mol. The normalized spacial score (nSPS) is 13.5. The summed E-state index contributed by atoms with van der Waals surface area (Å²) in [6.07, 6.45) is 3.23. The number of aromatic nitrogens is 3. The second-order valence-electron chi connectivity index (χ2n) is 12.3. The summed E-state index contributed by atoms with van der Waals surface area (Å²) in [5.74, 6) is 2.35. The van der Waals surface area contributed by atoms with Crippen molar-refractivity contribution in [3.63, 3.8) is 0 Å². The lowest BCUT2D eigenvalue weighted by Crippen LogP contribution is -2.36. The van der Waals surface area contributed by atoms with E-state index in [1.165, 1.54) is 0 Å². The van der Waals surface area contributed by atoms with Gasteiger partial charge in [-0.15, -0.1) is 0 Å². The van der Waals surface area contributed by atoms with Gasteiger partial charge in [-0.05, 0) is 53.9 Å². The highest BCUT2D eigenvalue weighted by Gasteiger charge is 2.22. The molecule has 5 heterocycles. The molecule has 0 fully saturated rings. The zero-order chi connectivity index (χ0) is 33.0. The Balaban J connectivity index is 1.11. The molecular formula is C43H28N6O. The maximum atomic E-state index is 6.54. The van der Waals surface area contributed by atoms with Crippen molar-refractivity contribution < 1.29 is 4.42 Å². The molecule has 7 nitrogen and oxygen atoms in total. The number of benzene rings is 5. The van der Waals surface area contributed by atoms with Gasteiger partial charge in [-0.3, -0.25) is 9.55 Å². The fourth-order valence-electron chi connectivity index (χ4n) is 7.08. The number of amidine groups is 2. The van der Waals surface area contributed by atoms with E-state index in [1.54, 1.807) is 0 Å². The van der Waals surface area contributed by atoms with Gasteiger partial charge in [-0.2, -0.15) is 0 Å². The van der Waals surface area contributed by atoms with Crippen molar-refractivity contribution in [2.24, 2.45) is 9.98 Å². The molecule has 0 saturated heterocycles. The van der Waals surface area contributed by atoms with E-state index in [4.69, 9.17) is 24.4 Å². The van der Waals surface area contributed by atoms with Crippen LogP contribution in [0.4, 0.5) is 0 Å². The van der Waals surface area contributed by atoms with Crippen LogP contribution in [0.2, 0.25) is 0 Å². The first-order valence-corrected chi connectivity index (χ1v) is 16.6. The molecule has 0 saturated carbocycles. The monoisotopic (exact) mass is 644 g/mol. The van der Waals surface area contributed by atoms with Crippen molar-refractivity contribution in [1.29, 1.82) is 0 Å². The van der Waals surface area contributed by atoms with Crippen molar-refractivity contribution in [1.82, 2.24) is 19.9 Å². The van der Waals surface area contributed by atoms with Gasteiger partial charge >= 0.3 is 0 Å². The highest BCUT2D eigenvalue weighted by atomic mass is 16.3. The van der Waals surface area contributed by atoms with E-state index in [2.05, 4.69) is 82.7 Å². The minimum Gasteiger partial charge on any atom is -0.456 e. The highest BCUT2D eigenvalue weighted by molar-refractivity contribution is 6.26. The van der Waals surface area contributed by atoms with Crippen LogP contribution in [0.5, 0.6) is 0 Å². The summed E-state index contributed by atoms with van der Waals surface area (Å²) in [6.45, 7) is 0. The molecule has 9 aromatic rings. The fraction of sp³-hybridized carbons (Fsp3) is 0.0233. The third kappa shape index (κ3) is 4.59. The molecule has 236 valence electrons. The molecule has 1 N–H and O–H groups in total. The molecule has 0 amide bonds. The lowest BCUT2D eigenvalue weighted by Gasteiger charge is -2.22. The first-order valence-electron chi connectivity index (χ1n) is 16.6. The molecular weight excluding hydrogens is 617 g/mol. The molecule has 4 aromatic heterocycles. The summed E-state index contributed by atoms with van der Waals surface area (Å²) in [5, 5.41) is 7.92. The highest BCUT2D eigenvalue weighted by Crippen LogP contribution is 2.40. The van der Waals surface area contributed by atoms with Gasteiger partial charge in [0.05, 0.1) is 22.1 Å². The molecule has 1 aliphatic heterocycles. The van der Waals surface area contributed by atoms with Crippen LogP contribution < -0.4 is 5.32 Å². The molecule has 10 rings (SSSR count). The van der Waals surface area contributed by atoms with Gasteiger partial charge in [0.1, 0.15) is 28.7 Å². The third-order valence-corrected chi connectivity index (χ3v) is 9.36. The minimum absolute atomic E-state index is 0.452. The number of nitrogens with zero attached hydrogens (tertiary/aromatic N) is 5. The van der Waals surface area contributed by atoms with E-state index in [-0.39, 0.29) is 0 Å². The lowest BCUT2D eigenvalue weighted by molar-refractivity contribution is 0.664. The van der Waals surface area contributed by atoms with Crippen LogP contribution in [0, 0.1) is 0 Å². The Morgan fingerprint density at radius 3 is 1.94 bits per heavy atom. The second kappa shape index (κ2) is 11.4. The van der Waals surface area contributed by atoms with Gasteiger partial charge in [-0.25, -0.2) is 15.0 Å². The molecule has 0 radical (unpaired) electrons. The first kappa shape index (κ1) is 28.2. The van der Waals surface area contributed by atoms with E-state index in [1.807, 2.05) is 85.2 Å². The van der Waals surface area contributed by atoms with E-state index in [0.29, 0.717) is 0 Å². The van der Waals surface area contributed by atoms with E-state index < -0.39 is 6.17 Å². The number of hydrogen-bond donors (Lipinski definition) is 1. The van der Waals surface area contributed by atoms with Crippen molar-refractivity contribution in [2.75, 3.05) is 0 Å². The Kier molecular flexibility index (Phi) is 6.42. The maximum absolute atomic E-state index is 6.54. The number of rotatable bonds is 5. The number of nitrogens with one attached hydrogen (secondary N) is 1. The average molecular weight is 645 g/mol. The van der Waals surface area contributed by atoms with E-state index in [0.717, 1.165) is 89.2 Å². The van der Waals surface area contributed by atoms with Crippen LogP contribution in [0.3, 0.4) is 0 Å². The smallest absolute Gasteiger partial charge is 0.169 e. The topological polar surface area (TPSA) is 80.6 Å². The third-order valence-electron chi connectivity index (χ3n) is 9.36. The maximum Gasteiger partial charge on any atom is 0.169 e. The Hall–Kier alpha value is -6.86. The number of fused-ring (bicyclic) bond motifs is 2. The molecule has 0 atom stereocenters. The number of hydrogen-bond acceptors (Lipinski definition) is 6. The van der Waals surface area contributed by atoms with Gasteiger partial charge in [0.25, 0.3) is 0 Å². The summed E-state index contributed by atoms with van der Waals surface area (Å²) in [6, 6.07) is 49.4. The van der Waals surface area contributed by atoms with Crippen molar-refractivity contribution >= 4 is 55.4 Å². The summed E-state index contributed by atoms with van der Waals surface area (Å²) in [5.41, 5.74) is 8.50. The Morgan fingerprint density at radius 1 is 0.520 bits per heavy atom. The molecule has 0 spiro atoms. The molecule has 0 bridgehead atoms. The van der Waals surface area contributed by atoms with Crippen molar-refractivity contribution in [3.05, 3.63) is 175 Å². The van der Waals surface area contributed by atoms with Gasteiger partial charge < -0.3 is 9.73 Å². The molecule has 5 aromatic carbocycles. The molecule has 50 heavy (non-hydrogen) atoms. The summed E-state index contributed by atoms with van der Waals surface area (Å²) in [7, 11) is 0. The quantitative estimate of drug-likeness (QED) is 0.202. The van der Waals surface area contributed by atoms with Crippen LogP contribution in [0.1, 0.15) is 22.9 Å². The van der Waals surface area contributed by atoms with Gasteiger partial charge in [0.2, 0.25) is 0 Å². The summed E-state index contributed by atoms with van der Waals surface area (Å²) in [4.78, 5) is 19.8. The van der Waals surface area contributed by atoms with Crippen LogP contribution in [-0.4, -0.2) is 26.2 Å². The predicted octanol–water partition coefficient (Wildman–Crippen LogP) is 9.64. The zero-order valence-electron chi connectivity index (χ0n) is 26.7. The molecule has 0 aliphatic carbocycles. The minimum atomic E-state index is -0.452. The van der Waals surface area contributed by atoms with E-state index in [9.17, 15) is 0 Å². The SMILES string of the molecule is c1ccc(C2=NC(c3ccnc(-c4ccnc(-n5c6cccc7oc8ccccc8c8cccc5c8c76)c4)c3)N=C(c3ccccc3)N2)cc1. The van der Waals surface area contributed by atoms with Gasteiger partial charge in [0.15, 0.2) is 6.17 Å². The standard InChI is InChI=1S/C43H28N6O/c1-3-11-27(12-4-1)41-46-42(28-13-5-2-6-14-28)48-43(47-41)30-22-23-44-33(25-30)29-21-24-45-38(26-29)49-34-17-9-16-32-31-15-7-8-19-36(31)50-37-20-10-18-35(49)40(37)39(32)34/h1-26,43H,(H,46,47,48). The fourth-order valence-corrected chi connectivity index (χ4v) is 7.08. The van der Waals surface area contributed by atoms with Crippen LogP contribution in [0.15, 0.2) is 172 Å². The largest absolute Gasteiger partial charge is 0.456 e. The van der Waals surface area contributed by atoms with Gasteiger partial charge in [0, 0.05) is 45.4 Å². The average Bonchev–Trinajstić information content (AvgIpc) is 3.46. The Morgan fingerprint density at radius 2 is 1.16 bits per heavy atom. The number of pyridine rings is 2. The molecule has 1 aliphatic rings. The number of aliphatic imine (C=N–C) groups is 2. The van der Waals surface area contributed by atoms with Gasteiger partial charge in [-0.1, -0.05) is 97.1 Å². The lowest BCUT2D eigenvalue weighted by atomic mass is 10.1. The Bertz CT molecular complexity index is 2740. The van der Waals surface area contributed by atoms with Crippen molar-refractivity contribution in [2.45, 2.75) is 6.17 Å². The van der Waals surface area contributed by atoms with Crippen LogP contribution in [-0.2, 0) is 0 Å². The molecule has 0 unspecified atom stereocenters. The van der Waals surface area contributed by atoms with Crippen molar-refractivity contribution in [3.8, 4) is 17.1 Å². The van der Waals surface area contributed by atoms with E-state index >= 15 is 0 Å². The first-order chi connectivity index (χ1) is 24.8. The summed E-state index contributed by atoms with van der Waals surface area (Å²) < 4.78 is 8.76. The Labute approximate surface area is 286 Å². The summed E-state index contributed by atoms with van der Waals surface area (Å²) >= 11 is 0.